The summed E-state index contributed by atoms with van der Waals surface area (Å²) in [5.41, 5.74) is 0. The van der Waals surface area contributed by atoms with Gasteiger partial charge in [0.2, 0.25) is 0 Å². The first kappa shape index (κ1) is 6.39. The number of amides is 2. The van der Waals surface area contributed by atoms with E-state index in [1.165, 1.54) is 0 Å². The second-order valence-corrected chi connectivity index (χ2v) is 2.26. The Morgan fingerprint density at radius 1 is 1.78 bits per heavy atom. The minimum atomic E-state index is 0.0865. The van der Waals surface area contributed by atoms with Crippen LogP contribution in [0, 0.1) is 0 Å². The summed E-state index contributed by atoms with van der Waals surface area (Å²) in [5.74, 6) is 0. The summed E-state index contributed by atoms with van der Waals surface area (Å²) in [6, 6.07) is 0.0865. The van der Waals surface area contributed by atoms with Gasteiger partial charge < -0.3 is 10.2 Å². The fourth-order valence-electron chi connectivity index (χ4n) is 0.785. The zero-order chi connectivity index (χ0) is 6.69. The first-order valence-corrected chi connectivity index (χ1v) is 3.37. The van der Waals surface area contributed by atoms with Crippen molar-refractivity contribution < 1.29 is 4.79 Å². The van der Waals surface area contributed by atoms with Crippen LogP contribution >= 0.6 is 0 Å². The standard InChI is InChI=1S/C6H12N2O/c1-2-3-4-8-5-7-6(8)9/h2-5H2,1H3,(H,7,9). The van der Waals surface area contributed by atoms with Crippen molar-refractivity contribution in [3.05, 3.63) is 0 Å². The van der Waals surface area contributed by atoms with E-state index in [9.17, 15) is 4.79 Å². The van der Waals surface area contributed by atoms with Crippen LogP contribution in [-0.2, 0) is 0 Å². The second-order valence-electron chi connectivity index (χ2n) is 2.26. The lowest BCUT2D eigenvalue weighted by Gasteiger charge is -2.31. The normalized spacial score (nSPS) is 17.0. The molecule has 0 aliphatic carbocycles. The summed E-state index contributed by atoms with van der Waals surface area (Å²) in [5, 5.41) is 2.65. The van der Waals surface area contributed by atoms with Gasteiger partial charge in [0.15, 0.2) is 0 Å². The predicted octanol–water partition coefficient (Wildman–Crippen LogP) is 0.769. The van der Waals surface area contributed by atoms with E-state index in [0.29, 0.717) is 0 Å². The number of carbonyl (C=O) groups excluding carboxylic acids is 1. The summed E-state index contributed by atoms with van der Waals surface area (Å²) >= 11 is 0. The van der Waals surface area contributed by atoms with Gasteiger partial charge in [0.05, 0.1) is 6.67 Å². The van der Waals surface area contributed by atoms with Gasteiger partial charge in [-0.1, -0.05) is 13.3 Å². The lowest BCUT2D eigenvalue weighted by atomic mass is 10.3. The maximum atomic E-state index is 10.6. The molecule has 3 nitrogen and oxygen atoms in total. The molecular weight excluding hydrogens is 116 g/mol. The molecule has 0 aromatic rings. The predicted molar refractivity (Wildman–Crippen MR) is 35.0 cm³/mol. The van der Waals surface area contributed by atoms with E-state index in [1.807, 2.05) is 4.90 Å². The van der Waals surface area contributed by atoms with Crippen molar-refractivity contribution in [2.75, 3.05) is 13.2 Å². The van der Waals surface area contributed by atoms with E-state index in [4.69, 9.17) is 0 Å². The largest absolute Gasteiger partial charge is 0.320 e. The van der Waals surface area contributed by atoms with Gasteiger partial charge in [-0.2, -0.15) is 0 Å². The molecule has 2 amide bonds. The van der Waals surface area contributed by atoms with Crippen LogP contribution in [0.1, 0.15) is 19.8 Å². The van der Waals surface area contributed by atoms with E-state index in [2.05, 4.69) is 12.2 Å². The molecule has 1 aliphatic rings. The van der Waals surface area contributed by atoms with E-state index in [0.717, 1.165) is 26.1 Å². The zero-order valence-electron chi connectivity index (χ0n) is 5.68. The average molecular weight is 128 g/mol. The first-order chi connectivity index (χ1) is 4.34. The second kappa shape index (κ2) is 2.71. The van der Waals surface area contributed by atoms with E-state index < -0.39 is 0 Å². The number of hydrogen-bond donors (Lipinski definition) is 1. The molecule has 1 fully saturated rings. The number of unbranched alkanes of at least 4 members (excludes halogenated alkanes) is 1. The molecule has 52 valence electrons. The Balaban J connectivity index is 2.06. The highest BCUT2D eigenvalue weighted by molar-refractivity contribution is 5.78. The SMILES string of the molecule is CCCCN1CNC1=O. The highest BCUT2D eigenvalue weighted by Crippen LogP contribution is 2.00. The molecule has 0 aromatic carbocycles. The van der Waals surface area contributed by atoms with Crippen LogP contribution in [-0.4, -0.2) is 24.1 Å². The van der Waals surface area contributed by atoms with Crippen molar-refractivity contribution >= 4 is 6.03 Å². The zero-order valence-corrected chi connectivity index (χ0v) is 5.68. The van der Waals surface area contributed by atoms with Gasteiger partial charge in [-0.15, -0.1) is 0 Å². The van der Waals surface area contributed by atoms with Crippen LogP contribution in [0.5, 0.6) is 0 Å². The lowest BCUT2D eigenvalue weighted by Crippen LogP contribution is -2.56. The molecule has 1 N–H and O–H groups in total. The minimum absolute atomic E-state index is 0.0865. The van der Waals surface area contributed by atoms with Crippen LogP contribution in [0.4, 0.5) is 4.79 Å². The van der Waals surface area contributed by atoms with Crippen molar-refractivity contribution in [3.63, 3.8) is 0 Å². The Morgan fingerprint density at radius 2 is 2.56 bits per heavy atom. The Hall–Kier alpha value is -0.730. The smallest absolute Gasteiger partial charge is 0.320 e. The Morgan fingerprint density at radius 3 is 2.89 bits per heavy atom. The Labute approximate surface area is 55.0 Å². The van der Waals surface area contributed by atoms with Crippen LogP contribution in [0.25, 0.3) is 0 Å². The topological polar surface area (TPSA) is 32.3 Å². The molecule has 1 rings (SSSR count). The number of hydrogen-bond acceptors (Lipinski definition) is 1. The minimum Gasteiger partial charge on any atom is -0.320 e. The number of urea groups is 1. The number of rotatable bonds is 3. The van der Waals surface area contributed by atoms with Gasteiger partial charge in [-0.3, -0.25) is 0 Å². The lowest BCUT2D eigenvalue weighted by molar-refractivity contribution is 0.155. The summed E-state index contributed by atoms with van der Waals surface area (Å²) in [6.07, 6.45) is 2.28. The number of carbonyl (C=O) groups is 1. The summed E-state index contributed by atoms with van der Waals surface area (Å²) < 4.78 is 0. The first-order valence-electron chi connectivity index (χ1n) is 3.37. The van der Waals surface area contributed by atoms with Crippen molar-refractivity contribution in [2.45, 2.75) is 19.8 Å². The highest BCUT2D eigenvalue weighted by atomic mass is 16.2. The van der Waals surface area contributed by atoms with Crippen LogP contribution in [0.3, 0.4) is 0 Å². The average Bonchev–Trinajstić information content (AvgIpc) is 1.86. The van der Waals surface area contributed by atoms with Gasteiger partial charge in [0.25, 0.3) is 0 Å². The molecule has 3 heteroatoms. The number of nitrogens with one attached hydrogen (secondary N) is 1. The van der Waals surface area contributed by atoms with Gasteiger partial charge in [-0.25, -0.2) is 4.79 Å². The van der Waals surface area contributed by atoms with Gasteiger partial charge in [0, 0.05) is 6.54 Å². The maximum Gasteiger partial charge on any atom is 0.320 e. The molecule has 1 heterocycles. The van der Waals surface area contributed by atoms with Crippen molar-refractivity contribution in [1.29, 1.82) is 0 Å². The molecule has 1 aliphatic heterocycles. The van der Waals surface area contributed by atoms with Crippen molar-refractivity contribution in [1.82, 2.24) is 10.2 Å². The van der Waals surface area contributed by atoms with Gasteiger partial charge in [-0.05, 0) is 6.42 Å². The fraction of sp³-hybridized carbons (Fsp3) is 0.833. The summed E-state index contributed by atoms with van der Waals surface area (Å²) in [7, 11) is 0. The van der Waals surface area contributed by atoms with Crippen molar-refractivity contribution in [2.24, 2.45) is 0 Å². The molecule has 9 heavy (non-hydrogen) atoms. The third kappa shape index (κ3) is 1.34. The molecule has 0 atom stereocenters. The molecule has 0 radical (unpaired) electrons. The fourth-order valence-corrected chi connectivity index (χ4v) is 0.785. The Bertz CT molecular complexity index is 114. The molecular formula is C6H12N2O. The molecule has 0 bridgehead atoms. The monoisotopic (exact) mass is 128 g/mol. The third-order valence-electron chi connectivity index (χ3n) is 1.49. The highest BCUT2D eigenvalue weighted by Gasteiger charge is 2.20. The maximum absolute atomic E-state index is 10.6. The quantitative estimate of drug-likeness (QED) is 0.598. The van der Waals surface area contributed by atoms with E-state index in [-0.39, 0.29) is 6.03 Å². The summed E-state index contributed by atoms with van der Waals surface area (Å²) in [6.45, 7) is 3.79. The molecule has 0 spiro atoms. The van der Waals surface area contributed by atoms with E-state index >= 15 is 0 Å². The van der Waals surface area contributed by atoms with E-state index in [1.54, 1.807) is 0 Å². The van der Waals surface area contributed by atoms with Crippen molar-refractivity contribution in [3.8, 4) is 0 Å². The Kier molecular flexibility index (Phi) is 1.92. The molecule has 0 saturated carbocycles. The third-order valence-corrected chi connectivity index (χ3v) is 1.49. The van der Waals surface area contributed by atoms with Crippen LogP contribution < -0.4 is 5.32 Å². The van der Waals surface area contributed by atoms with Crippen LogP contribution in [0.2, 0.25) is 0 Å². The molecule has 0 aromatic heterocycles. The van der Waals surface area contributed by atoms with Gasteiger partial charge in [0.1, 0.15) is 0 Å². The van der Waals surface area contributed by atoms with Crippen LogP contribution in [0.15, 0.2) is 0 Å². The molecule has 1 saturated heterocycles. The summed E-state index contributed by atoms with van der Waals surface area (Å²) in [4.78, 5) is 12.4. The number of nitrogens with zero attached hydrogens (tertiary/aromatic N) is 1. The molecule has 0 unspecified atom stereocenters. The van der Waals surface area contributed by atoms with Gasteiger partial charge >= 0.3 is 6.03 Å².